The second-order valence-corrected chi connectivity index (χ2v) is 3.78. The first-order valence-corrected chi connectivity index (χ1v) is 4.78. The summed E-state index contributed by atoms with van der Waals surface area (Å²) < 4.78 is 0. The van der Waals surface area contributed by atoms with Crippen molar-refractivity contribution in [2.75, 3.05) is 0 Å². The van der Waals surface area contributed by atoms with Crippen LogP contribution in [-0.2, 0) is 0 Å². The maximum Gasteiger partial charge on any atom is -0.0199 e. The van der Waals surface area contributed by atoms with Gasteiger partial charge in [-0.3, -0.25) is 0 Å². The number of fused-ring (bicyclic) bond motifs is 4. The summed E-state index contributed by atoms with van der Waals surface area (Å²) in [5.74, 6) is 1.71. The molecule has 2 atom stereocenters. The Kier molecular flexibility index (Phi) is 2.11. The number of rotatable bonds is 0. The van der Waals surface area contributed by atoms with Crippen molar-refractivity contribution in [2.45, 2.75) is 32.1 Å². The quantitative estimate of drug-likeness (QED) is 0.462. The molecule has 0 radical (unpaired) electrons. The molecule has 0 saturated heterocycles. The average molecular weight is 148 g/mol. The van der Waals surface area contributed by atoms with Gasteiger partial charge in [0.15, 0.2) is 0 Å². The maximum atomic E-state index is 2.43. The number of allylic oxidation sites excluding steroid dienone is 4. The fourth-order valence-corrected chi connectivity index (χ4v) is 2.12. The molecule has 0 heterocycles. The summed E-state index contributed by atoms with van der Waals surface area (Å²) in [4.78, 5) is 0. The lowest BCUT2D eigenvalue weighted by atomic mass is 9.85. The SMILES string of the molecule is C1=CC2C/C=C\C(C1)CCC2. The summed E-state index contributed by atoms with van der Waals surface area (Å²) in [6, 6.07) is 0. The molecule has 0 heteroatoms. The van der Waals surface area contributed by atoms with E-state index >= 15 is 0 Å². The molecule has 0 spiro atoms. The summed E-state index contributed by atoms with van der Waals surface area (Å²) in [6.45, 7) is 0. The lowest BCUT2D eigenvalue weighted by Gasteiger charge is -2.20. The van der Waals surface area contributed by atoms with Gasteiger partial charge in [-0.2, -0.15) is 0 Å². The first-order valence-electron chi connectivity index (χ1n) is 4.78. The standard InChI is InChI=1S/C11H16/c1-4-10-6-2-7-11(5-1)9-3-8-10/h1-2,4,7,10-11H,3,5-6,8-9H2/b4-1-,7-2?. The number of hydrogen-bond donors (Lipinski definition) is 0. The van der Waals surface area contributed by atoms with Gasteiger partial charge in [0.25, 0.3) is 0 Å². The molecule has 3 aliphatic rings. The fourth-order valence-electron chi connectivity index (χ4n) is 2.12. The Balaban J connectivity index is 2.16. The minimum absolute atomic E-state index is 0.854. The van der Waals surface area contributed by atoms with Crippen LogP contribution in [0.3, 0.4) is 0 Å². The van der Waals surface area contributed by atoms with Crippen LogP contribution in [0.15, 0.2) is 24.3 Å². The van der Waals surface area contributed by atoms with Gasteiger partial charge in [0.1, 0.15) is 0 Å². The third-order valence-electron chi connectivity index (χ3n) is 2.84. The van der Waals surface area contributed by atoms with Gasteiger partial charge >= 0.3 is 0 Å². The fraction of sp³-hybridized carbons (Fsp3) is 0.636. The third-order valence-corrected chi connectivity index (χ3v) is 2.84. The van der Waals surface area contributed by atoms with E-state index in [2.05, 4.69) is 24.3 Å². The maximum absolute atomic E-state index is 2.43. The Morgan fingerprint density at radius 3 is 1.91 bits per heavy atom. The molecule has 0 nitrogen and oxygen atoms in total. The Hall–Kier alpha value is -0.520. The molecule has 11 heavy (non-hydrogen) atoms. The summed E-state index contributed by atoms with van der Waals surface area (Å²) in [5, 5.41) is 0. The Morgan fingerprint density at radius 2 is 1.36 bits per heavy atom. The topological polar surface area (TPSA) is 0 Å². The van der Waals surface area contributed by atoms with Gasteiger partial charge in [-0.15, -0.1) is 0 Å². The summed E-state index contributed by atoms with van der Waals surface area (Å²) in [7, 11) is 0. The molecule has 60 valence electrons. The second kappa shape index (κ2) is 3.25. The smallest absolute Gasteiger partial charge is 0.0199 e. The summed E-state index contributed by atoms with van der Waals surface area (Å²) in [6.07, 6.45) is 16.5. The third kappa shape index (κ3) is 1.74. The van der Waals surface area contributed by atoms with Crippen molar-refractivity contribution in [3.63, 3.8) is 0 Å². The van der Waals surface area contributed by atoms with Gasteiger partial charge in [0.2, 0.25) is 0 Å². The van der Waals surface area contributed by atoms with Crippen molar-refractivity contribution in [2.24, 2.45) is 11.8 Å². The van der Waals surface area contributed by atoms with E-state index in [1.807, 2.05) is 0 Å². The molecule has 0 aromatic heterocycles. The first-order chi connectivity index (χ1) is 5.45. The lowest BCUT2D eigenvalue weighted by Crippen LogP contribution is -2.06. The van der Waals surface area contributed by atoms with Crippen molar-refractivity contribution in [1.82, 2.24) is 0 Å². The molecule has 3 rings (SSSR count). The Bertz CT molecular complexity index is 156. The zero-order chi connectivity index (χ0) is 7.52. The van der Waals surface area contributed by atoms with Crippen LogP contribution in [0.25, 0.3) is 0 Å². The van der Waals surface area contributed by atoms with E-state index < -0.39 is 0 Å². The summed E-state index contributed by atoms with van der Waals surface area (Å²) in [5.41, 5.74) is 0. The van der Waals surface area contributed by atoms with E-state index in [4.69, 9.17) is 0 Å². The van der Waals surface area contributed by atoms with Crippen LogP contribution in [-0.4, -0.2) is 0 Å². The molecule has 0 saturated carbocycles. The molecule has 2 unspecified atom stereocenters. The highest BCUT2D eigenvalue weighted by molar-refractivity contribution is 5.03. The van der Waals surface area contributed by atoms with Crippen molar-refractivity contribution in [3.05, 3.63) is 24.3 Å². The number of hydrogen-bond acceptors (Lipinski definition) is 0. The molecule has 0 N–H and O–H groups in total. The highest BCUT2D eigenvalue weighted by Gasteiger charge is 2.12. The van der Waals surface area contributed by atoms with E-state index in [9.17, 15) is 0 Å². The van der Waals surface area contributed by atoms with Crippen molar-refractivity contribution >= 4 is 0 Å². The summed E-state index contributed by atoms with van der Waals surface area (Å²) >= 11 is 0. The average Bonchev–Trinajstić information content (AvgIpc) is 1.80. The minimum atomic E-state index is 0.854. The van der Waals surface area contributed by atoms with Crippen LogP contribution in [0.2, 0.25) is 0 Å². The van der Waals surface area contributed by atoms with Crippen LogP contribution >= 0.6 is 0 Å². The van der Waals surface area contributed by atoms with Crippen molar-refractivity contribution in [3.8, 4) is 0 Å². The zero-order valence-corrected chi connectivity index (χ0v) is 7.00. The molecule has 3 aliphatic carbocycles. The van der Waals surface area contributed by atoms with Crippen LogP contribution in [0.5, 0.6) is 0 Å². The molecule has 0 aromatic carbocycles. The van der Waals surface area contributed by atoms with Crippen LogP contribution < -0.4 is 0 Å². The van der Waals surface area contributed by atoms with Gasteiger partial charge in [-0.1, -0.05) is 30.7 Å². The molecule has 0 fully saturated rings. The van der Waals surface area contributed by atoms with Gasteiger partial charge in [-0.05, 0) is 37.5 Å². The van der Waals surface area contributed by atoms with E-state index in [0.717, 1.165) is 11.8 Å². The van der Waals surface area contributed by atoms with Gasteiger partial charge in [-0.25, -0.2) is 0 Å². The predicted octanol–water partition coefficient (Wildman–Crippen LogP) is 3.31. The van der Waals surface area contributed by atoms with E-state index in [1.165, 1.54) is 32.1 Å². The normalized spacial score (nSPS) is 39.3. The van der Waals surface area contributed by atoms with Crippen LogP contribution in [0.4, 0.5) is 0 Å². The van der Waals surface area contributed by atoms with Gasteiger partial charge in [0.05, 0.1) is 0 Å². The highest BCUT2D eigenvalue weighted by atomic mass is 14.2. The molecular formula is C11H16. The van der Waals surface area contributed by atoms with E-state index in [1.54, 1.807) is 0 Å². The van der Waals surface area contributed by atoms with Crippen LogP contribution in [0.1, 0.15) is 32.1 Å². The first kappa shape index (κ1) is 7.15. The Morgan fingerprint density at radius 1 is 0.818 bits per heavy atom. The molecule has 0 aliphatic heterocycles. The zero-order valence-electron chi connectivity index (χ0n) is 7.00. The molecular weight excluding hydrogens is 132 g/mol. The lowest BCUT2D eigenvalue weighted by molar-refractivity contribution is 0.461. The van der Waals surface area contributed by atoms with Crippen molar-refractivity contribution < 1.29 is 0 Å². The largest absolute Gasteiger partial charge is 0.0877 e. The van der Waals surface area contributed by atoms with Gasteiger partial charge in [0, 0.05) is 0 Å². The van der Waals surface area contributed by atoms with Crippen LogP contribution in [0, 0.1) is 11.8 Å². The highest BCUT2D eigenvalue weighted by Crippen LogP contribution is 2.27. The predicted molar refractivity (Wildman–Crippen MR) is 48.3 cm³/mol. The molecule has 2 bridgehead atoms. The van der Waals surface area contributed by atoms with Gasteiger partial charge < -0.3 is 0 Å². The monoisotopic (exact) mass is 148 g/mol. The second-order valence-electron chi connectivity index (χ2n) is 3.78. The molecule has 0 amide bonds. The van der Waals surface area contributed by atoms with E-state index in [0.29, 0.717) is 0 Å². The van der Waals surface area contributed by atoms with Crippen molar-refractivity contribution in [1.29, 1.82) is 0 Å². The Labute approximate surface area is 69.0 Å². The molecule has 0 aromatic rings. The van der Waals surface area contributed by atoms with E-state index in [-0.39, 0.29) is 0 Å². The minimum Gasteiger partial charge on any atom is -0.0877 e.